The summed E-state index contributed by atoms with van der Waals surface area (Å²) in [7, 11) is 2.20. The van der Waals surface area contributed by atoms with E-state index >= 15 is 0 Å². The summed E-state index contributed by atoms with van der Waals surface area (Å²) in [4.78, 5) is 6.75. The molecule has 0 saturated carbocycles. The van der Waals surface area contributed by atoms with E-state index in [1.54, 1.807) is 0 Å². The highest BCUT2D eigenvalue weighted by molar-refractivity contribution is 9.09. The molecular formula is C16H21BrN2. The van der Waals surface area contributed by atoms with Crippen LogP contribution in [0.25, 0.3) is 10.9 Å². The van der Waals surface area contributed by atoms with Gasteiger partial charge < -0.3 is 4.90 Å². The molecule has 1 heterocycles. The molecule has 0 aliphatic heterocycles. The highest BCUT2D eigenvalue weighted by Gasteiger charge is 2.02. The molecule has 0 fully saturated rings. The first-order chi connectivity index (χ1) is 9.29. The zero-order valence-corrected chi connectivity index (χ0v) is 13.1. The molecule has 0 atom stereocenters. The van der Waals surface area contributed by atoms with Crippen LogP contribution in [0.1, 0.15) is 24.8 Å². The van der Waals surface area contributed by atoms with Crippen LogP contribution in [0.5, 0.6) is 0 Å². The fourth-order valence-electron chi connectivity index (χ4n) is 2.27. The standard InChI is InChI=1S/C16H21BrN2/c1-19(11-4-2-3-9-17)13-14-7-8-16-15(12-14)6-5-10-18-16/h5-8,10,12H,2-4,9,11,13H2,1H3. The van der Waals surface area contributed by atoms with Crippen molar-refractivity contribution in [2.24, 2.45) is 0 Å². The van der Waals surface area contributed by atoms with E-state index in [0.717, 1.165) is 23.9 Å². The van der Waals surface area contributed by atoms with E-state index in [2.05, 4.69) is 57.1 Å². The maximum Gasteiger partial charge on any atom is 0.0702 e. The van der Waals surface area contributed by atoms with Crippen LogP contribution in [-0.2, 0) is 6.54 Å². The van der Waals surface area contributed by atoms with Crippen LogP contribution in [0.15, 0.2) is 36.5 Å². The van der Waals surface area contributed by atoms with Crippen molar-refractivity contribution in [3.05, 3.63) is 42.1 Å². The lowest BCUT2D eigenvalue weighted by Crippen LogP contribution is -2.19. The molecule has 2 aromatic rings. The summed E-state index contributed by atoms with van der Waals surface area (Å²) in [6, 6.07) is 10.7. The number of halogens is 1. The number of nitrogens with zero attached hydrogens (tertiary/aromatic N) is 2. The number of rotatable bonds is 7. The molecule has 3 heteroatoms. The van der Waals surface area contributed by atoms with Gasteiger partial charge in [0.2, 0.25) is 0 Å². The first-order valence-electron chi connectivity index (χ1n) is 6.88. The molecule has 2 nitrogen and oxygen atoms in total. The van der Waals surface area contributed by atoms with Gasteiger partial charge in [-0.25, -0.2) is 0 Å². The third kappa shape index (κ3) is 4.59. The van der Waals surface area contributed by atoms with Crippen molar-refractivity contribution in [3.63, 3.8) is 0 Å². The number of hydrogen-bond donors (Lipinski definition) is 0. The summed E-state index contributed by atoms with van der Waals surface area (Å²) >= 11 is 3.47. The quantitative estimate of drug-likeness (QED) is 0.560. The lowest BCUT2D eigenvalue weighted by molar-refractivity contribution is 0.318. The summed E-state index contributed by atoms with van der Waals surface area (Å²) < 4.78 is 0. The SMILES string of the molecule is CN(CCCCCBr)Cc1ccc2ncccc2c1. The molecule has 0 aliphatic rings. The Balaban J connectivity index is 1.89. The summed E-state index contributed by atoms with van der Waals surface area (Å²) in [6.07, 6.45) is 5.70. The van der Waals surface area contributed by atoms with Crippen LogP contribution in [0.3, 0.4) is 0 Å². The second-order valence-corrected chi connectivity index (χ2v) is 5.81. The van der Waals surface area contributed by atoms with E-state index in [1.165, 1.54) is 30.2 Å². The zero-order chi connectivity index (χ0) is 13.5. The molecule has 0 amide bonds. The minimum absolute atomic E-state index is 1.01. The molecule has 1 aromatic carbocycles. The van der Waals surface area contributed by atoms with Crippen molar-refractivity contribution in [2.45, 2.75) is 25.8 Å². The van der Waals surface area contributed by atoms with Crippen molar-refractivity contribution in [1.82, 2.24) is 9.88 Å². The minimum atomic E-state index is 1.01. The summed E-state index contributed by atoms with van der Waals surface area (Å²) in [5.74, 6) is 0. The number of pyridine rings is 1. The summed E-state index contributed by atoms with van der Waals surface area (Å²) in [5, 5.41) is 2.35. The van der Waals surface area contributed by atoms with Crippen molar-refractivity contribution in [2.75, 3.05) is 18.9 Å². The second-order valence-electron chi connectivity index (χ2n) is 5.02. The molecule has 0 bridgehead atoms. The molecule has 19 heavy (non-hydrogen) atoms. The maximum atomic E-state index is 4.35. The minimum Gasteiger partial charge on any atom is -0.302 e. The number of hydrogen-bond acceptors (Lipinski definition) is 2. The van der Waals surface area contributed by atoms with Crippen molar-refractivity contribution >= 4 is 26.8 Å². The Morgan fingerprint density at radius 1 is 1.16 bits per heavy atom. The molecule has 1 aromatic heterocycles. The van der Waals surface area contributed by atoms with Gasteiger partial charge in [0.25, 0.3) is 0 Å². The van der Waals surface area contributed by atoms with E-state index in [4.69, 9.17) is 0 Å². The van der Waals surface area contributed by atoms with Gasteiger partial charge in [-0.1, -0.05) is 34.5 Å². The molecule has 0 radical (unpaired) electrons. The molecular weight excluding hydrogens is 300 g/mol. The molecule has 2 rings (SSSR count). The molecule has 0 N–H and O–H groups in total. The van der Waals surface area contributed by atoms with Gasteiger partial charge in [-0.2, -0.15) is 0 Å². The van der Waals surface area contributed by atoms with Gasteiger partial charge in [0, 0.05) is 23.5 Å². The largest absolute Gasteiger partial charge is 0.302 e. The smallest absolute Gasteiger partial charge is 0.0702 e. The Labute approximate surface area is 124 Å². The van der Waals surface area contributed by atoms with Gasteiger partial charge in [0.15, 0.2) is 0 Å². The molecule has 0 aliphatic carbocycles. The van der Waals surface area contributed by atoms with Crippen LogP contribution in [-0.4, -0.2) is 28.8 Å². The Morgan fingerprint density at radius 2 is 2.05 bits per heavy atom. The monoisotopic (exact) mass is 320 g/mol. The zero-order valence-electron chi connectivity index (χ0n) is 11.5. The number of aromatic nitrogens is 1. The van der Waals surface area contributed by atoms with E-state index < -0.39 is 0 Å². The van der Waals surface area contributed by atoms with E-state index in [-0.39, 0.29) is 0 Å². The van der Waals surface area contributed by atoms with Crippen molar-refractivity contribution < 1.29 is 0 Å². The number of alkyl halides is 1. The first kappa shape index (κ1) is 14.5. The molecule has 102 valence electrons. The normalized spacial score (nSPS) is 11.3. The predicted molar refractivity (Wildman–Crippen MR) is 85.7 cm³/mol. The van der Waals surface area contributed by atoms with Crippen molar-refractivity contribution in [3.8, 4) is 0 Å². The van der Waals surface area contributed by atoms with Crippen molar-refractivity contribution in [1.29, 1.82) is 0 Å². The second kappa shape index (κ2) is 7.61. The lowest BCUT2D eigenvalue weighted by atomic mass is 10.1. The maximum absolute atomic E-state index is 4.35. The number of unbranched alkanes of at least 4 members (excludes halogenated alkanes) is 2. The molecule has 0 spiro atoms. The van der Waals surface area contributed by atoms with Gasteiger partial charge in [-0.15, -0.1) is 0 Å². The van der Waals surface area contributed by atoms with Gasteiger partial charge in [0.05, 0.1) is 5.52 Å². The fourth-order valence-corrected chi connectivity index (χ4v) is 2.66. The molecule has 0 unspecified atom stereocenters. The van der Waals surface area contributed by atoms with E-state index in [1.807, 2.05) is 12.3 Å². The number of benzene rings is 1. The van der Waals surface area contributed by atoms with Gasteiger partial charge >= 0.3 is 0 Å². The average molecular weight is 321 g/mol. The predicted octanol–water partition coefficient (Wildman–Crippen LogP) is 4.23. The van der Waals surface area contributed by atoms with E-state index in [9.17, 15) is 0 Å². The van der Waals surface area contributed by atoms with Crippen LogP contribution in [0.2, 0.25) is 0 Å². The van der Waals surface area contributed by atoms with Crippen LogP contribution in [0, 0.1) is 0 Å². The van der Waals surface area contributed by atoms with Crippen LogP contribution >= 0.6 is 15.9 Å². The number of fused-ring (bicyclic) bond motifs is 1. The Bertz CT molecular complexity index is 513. The van der Waals surface area contributed by atoms with Crippen LogP contribution < -0.4 is 0 Å². The lowest BCUT2D eigenvalue weighted by Gasteiger charge is -2.16. The highest BCUT2D eigenvalue weighted by atomic mass is 79.9. The Morgan fingerprint density at radius 3 is 2.89 bits per heavy atom. The van der Waals surface area contributed by atoms with Crippen LogP contribution in [0.4, 0.5) is 0 Å². The topological polar surface area (TPSA) is 16.1 Å². The van der Waals surface area contributed by atoms with Gasteiger partial charge in [-0.3, -0.25) is 4.98 Å². The Hall–Kier alpha value is -0.930. The van der Waals surface area contributed by atoms with Gasteiger partial charge in [-0.05, 0) is 50.2 Å². The third-order valence-corrected chi connectivity index (χ3v) is 3.85. The highest BCUT2D eigenvalue weighted by Crippen LogP contribution is 2.14. The molecule has 0 saturated heterocycles. The fraction of sp³-hybridized carbons (Fsp3) is 0.438. The third-order valence-electron chi connectivity index (χ3n) is 3.29. The Kier molecular flexibility index (Phi) is 5.80. The van der Waals surface area contributed by atoms with E-state index in [0.29, 0.717) is 0 Å². The average Bonchev–Trinajstić information content (AvgIpc) is 2.43. The summed E-state index contributed by atoms with van der Waals surface area (Å²) in [6.45, 7) is 2.18. The summed E-state index contributed by atoms with van der Waals surface area (Å²) in [5.41, 5.74) is 2.44. The van der Waals surface area contributed by atoms with Gasteiger partial charge in [0.1, 0.15) is 0 Å². The first-order valence-corrected chi connectivity index (χ1v) is 8.00.